The van der Waals surface area contributed by atoms with Crippen molar-refractivity contribution < 1.29 is 33.0 Å². The fraction of sp³-hybridized carbons (Fsp3) is 0.760. The van der Waals surface area contributed by atoms with Gasteiger partial charge in [0.15, 0.2) is 29.1 Å². The highest BCUT2D eigenvalue weighted by Gasteiger charge is 2.79. The van der Waals surface area contributed by atoms with Gasteiger partial charge in [0.25, 0.3) is 0 Å². The molecule has 0 aromatic rings. The van der Waals surface area contributed by atoms with Crippen molar-refractivity contribution in [2.75, 3.05) is 6.54 Å². The Balaban J connectivity index is 1.61. The summed E-state index contributed by atoms with van der Waals surface area (Å²) >= 11 is 4.01. The number of hydrogen-bond acceptors (Lipinski definition) is 7. The van der Waals surface area contributed by atoms with Crippen LogP contribution >= 0.6 is 12.8 Å². The number of halogens is 2. The molecule has 0 spiro atoms. The highest BCUT2D eigenvalue weighted by Crippen LogP contribution is 2.72. The van der Waals surface area contributed by atoms with E-state index in [0.29, 0.717) is 12.8 Å². The van der Waals surface area contributed by atoms with Crippen LogP contribution in [0.25, 0.3) is 0 Å². The summed E-state index contributed by atoms with van der Waals surface area (Å²) in [5.74, 6) is -1.97. The molecule has 5 rings (SSSR count). The summed E-state index contributed by atoms with van der Waals surface area (Å²) in [4.78, 5) is 25.6. The van der Waals surface area contributed by atoms with Crippen molar-refractivity contribution in [2.24, 2.45) is 22.7 Å². The Morgan fingerprint density at radius 2 is 2.06 bits per heavy atom. The second-order valence-electron chi connectivity index (χ2n) is 11.0. The van der Waals surface area contributed by atoms with Crippen LogP contribution in [-0.4, -0.2) is 59.2 Å². The average Bonchev–Trinajstić information content (AvgIpc) is 3.25. The number of hydrogen-bond donors (Lipinski definition) is 3. The Bertz CT molecular complexity index is 975. The monoisotopic (exact) mass is 497 g/mol. The maximum Gasteiger partial charge on any atom is 0.182 e. The minimum atomic E-state index is -2.20. The standard InChI is InChI=1S/C25H33F2NO5S/c1-4-5-21-32-20-10-14-15-9-17(26)16-8-13(29)6-7-22(16,2)24(15,27)18(30)11-23(14,3)25(20,33-21)19(31)12-28-34/h6-8,14-15,17-18,20-21,28,30,34H,4-5,9-12H2,1-3H3/t14-,15-,17-,18-,20+,21-,22-,23-,24-,25+/m0/s1. The molecule has 0 bridgehead atoms. The number of allylic oxidation sites excluding steroid dienone is 4. The lowest BCUT2D eigenvalue weighted by Crippen LogP contribution is -2.71. The minimum absolute atomic E-state index is 0.0384. The van der Waals surface area contributed by atoms with Gasteiger partial charge in [-0.25, -0.2) is 8.78 Å². The molecule has 1 heterocycles. The maximum absolute atomic E-state index is 17.3. The Morgan fingerprint density at radius 1 is 1.32 bits per heavy atom. The molecule has 188 valence electrons. The summed E-state index contributed by atoms with van der Waals surface area (Å²) in [6.45, 7) is 5.34. The van der Waals surface area contributed by atoms with Crippen molar-refractivity contribution in [3.8, 4) is 0 Å². The predicted molar refractivity (Wildman–Crippen MR) is 123 cm³/mol. The summed E-state index contributed by atoms with van der Waals surface area (Å²) in [5.41, 5.74) is -5.92. The number of ketones is 2. The second-order valence-corrected chi connectivity index (χ2v) is 11.4. The number of carbonyl (C=O) groups excluding carboxylic acids is 2. The number of carbonyl (C=O) groups is 2. The van der Waals surface area contributed by atoms with E-state index in [9.17, 15) is 14.7 Å². The molecule has 5 aliphatic rings. The summed E-state index contributed by atoms with van der Waals surface area (Å²) in [7, 11) is 0. The van der Waals surface area contributed by atoms with Gasteiger partial charge in [0.1, 0.15) is 6.17 Å². The summed E-state index contributed by atoms with van der Waals surface area (Å²) in [6.07, 6.45) is 1.20. The molecule has 4 aliphatic carbocycles. The van der Waals surface area contributed by atoms with Crippen LogP contribution < -0.4 is 4.72 Å². The number of aliphatic hydroxyl groups excluding tert-OH is 1. The number of rotatable bonds is 5. The van der Waals surface area contributed by atoms with E-state index in [2.05, 4.69) is 17.5 Å². The van der Waals surface area contributed by atoms with Crippen LogP contribution in [0.15, 0.2) is 23.8 Å². The molecular weight excluding hydrogens is 464 g/mol. The Kier molecular flexibility index (Phi) is 5.73. The number of Topliss-reactive ketones (excluding diaryl/α,β-unsaturated/α-hetero) is 1. The smallest absolute Gasteiger partial charge is 0.182 e. The third kappa shape index (κ3) is 2.82. The zero-order chi connectivity index (χ0) is 24.7. The van der Waals surface area contributed by atoms with Gasteiger partial charge in [-0.05, 0) is 56.3 Å². The topological polar surface area (TPSA) is 84.9 Å². The van der Waals surface area contributed by atoms with E-state index < -0.39 is 58.6 Å². The van der Waals surface area contributed by atoms with Crippen LogP contribution in [0.4, 0.5) is 8.78 Å². The molecule has 6 nitrogen and oxygen atoms in total. The maximum atomic E-state index is 17.3. The fourth-order valence-corrected chi connectivity index (χ4v) is 8.23. The van der Waals surface area contributed by atoms with Crippen molar-refractivity contribution in [3.05, 3.63) is 23.8 Å². The summed E-state index contributed by atoms with van der Waals surface area (Å²) < 4.78 is 48.0. The van der Waals surface area contributed by atoms with Gasteiger partial charge in [0, 0.05) is 16.7 Å². The zero-order valence-electron chi connectivity index (χ0n) is 19.7. The van der Waals surface area contributed by atoms with Gasteiger partial charge in [-0.3, -0.25) is 14.3 Å². The van der Waals surface area contributed by atoms with E-state index in [4.69, 9.17) is 9.47 Å². The quantitative estimate of drug-likeness (QED) is 0.506. The van der Waals surface area contributed by atoms with Gasteiger partial charge < -0.3 is 14.6 Å². The number of fused-ring (bicyclic) bond motifs is 7. The van der Waals surface area contributed by atoms with Gasteiger partial charge in [-0.2, -0.15) is 0 Å². The largest absolute Gasteiger partial charge is 0.390 e. The van der Waals surface area contributed by atoms with Gasteiger partial charge in [0.05, 0.1) is 18.8 Å². The lowest BCUT2D eigenvalue weighted by Gasteiger charge is -2.63. The van der Waals surface area contributed by atoms with Gasteiger partial charge >= 0.3 is 0 Å². The van der Waals surface area contributed by atoms with E-state index in [1.807, 2.05) is 13.8 Å². The molecule has 0 aromatic heterocycles. The Labute approximate surface area is 204 Å². The third-order valence-electron chi connectivity index (χ3n) is 9.60. The van der Waals surface area contributed by atoms with Crippen LogP contribution in [0.1, 0.15) is 52.9 Å². The van der Waals surface area contributed by atoms with E-state index in [-0.39, 0.29) is 36.5 Å². The molecule has 0 aromatic carbocycles. The Morgan fingerprint density at radius 3 is 2.74 bits per heavy atom. The highest BCUT2D eigenvalue weighted by molar-refractivity contribution is 7.78. The number of thiol groups is 1. The molecule has 0 unspecified atom stereocenters. The summed E-state index contributed by atoms with van der Waals surface area (Å²) in [6, 6.07) is 0. The van der Waals surface area contributed by atoms with Crippen LogP contribution in [0, 0.1) is 22.7 Å². The third-order valence-corrected chi connectivity index (χ3v) is 9.76. The Hall–Kier alpha value is -1.13. The van der Waals surface area contributed by atoms with Crippen LogP contribution in [0.5, 0.6) is 0 Å². The molecule has 0 amide bonds. The van der Waals surface area contributed by atoms with Crippen molar-refractivity contribution in [3.63, 3.8) is 0 Å². The number of aliphatic hydroxyl groups is 1. The normalized spacial score (nSPS) is 51.4. The first-order valence-corrected chi connectivity index (χ1v) is 12.6. The SMILES string of the molecule is CCC[C@H]1O[C@@H]2C[C@H]3[C@@H]4C[C@H](F)C5=CC(=O)C=C[C@]5(C)[C@@]4(F)[C@@H](O)C[C@]3(C)[C@]2(C(=O)CNS)O1. The van der Waals surface area contributed by atoms with E-state index in [1.165, 1.54) is 18.2 Å². The molecule has 9 heteroatoms. The van der Waals surface area contributed by atoms with Crippen LogP contribution in [0.3, 0.4) is 0 Å². The van der Waals surface area contributed by atoms with Crippen molar-refractivity contribution in [1.29, 1.82) is 0 Å². The van der Waals surface area contributed by atoms with Crippen molar-refractivity contribution in [1.82, 2.24) is 4.72 Å². The number of alkyl halides is 2. The first kappa shape index (κ1) is 24.6. The highest BCUT2D eigenvalue weighted by atomic mass is 32.1. The van der Waals surface area contributed by atoms with E-state index in [0.717, 1.165) is 6.42 Å². The first-order valence-electron chi connectivity index (χ1n) is 12.2. The molecule has 2 N–H and O–H groups in total. The van der Waals surface area contributed by atoms with Gasteiger partial charge in [-0.15, -0.1) is 0 Å². The average molecular weight is 498 g/mol. The van der Waals surface area contributed by atoms with Crippen molar-refractivity contribution >= 4 is 24.4 Å². The molecule has 34 heavy (non-hydrogen) atoms. The molecular formula is C25H33F2NO5S. The number of nitrogens with one attached hydrogen (secondary N) is 1. The van der Waals surface area contributed by atoms with Crippen molar-refractivity contribution in [2.45, 2.75) is 88.8 Å². The first-order chi connectivity index (χ1) is 16.0. The molecule has 4 fully saturated rings. The minimum Gasteiger partial charge on any atom is -0.390 e. The number of ether oxygens (including phenoxy) is 2. The zero-order valence-corrected chi connectivity index (χ0v) is 20.6. The van der Waals surface area contributed by atoms with E-state index >= 15 is 8.78 Å². The fourth-order valence-electron chi connectivity index (χ4n) is 8.09. The van der Waals surface area contributed by atoms with Gasteiger partial charge in [0.2, 0.25) is 0 Å². The molecule has 10 atom stereocenters. The van der Waals surface area contributed by atoms with Gasteiger partial charge in [-0.1, -0.05) is 39.2 Å². The second kappa shape index (κ2) is 7.93. The lowest BCUT2D eigenvalue weighted by atomic mass is 9.44. The van der Waals surface area contributed by atoms with E-state index in [1.54, 1.807) is 6.92 Å². The molecule has 3 saturated carbocycles. The molecule has 1 saturated heterocycles. The molecule has 1 aliphatic heterocycles. The lowest BCUT2D eigenvalue weighted by molar-refractivity contribution is -0.233. The van der Waals surface area contributed by atoms with Crippen LogP contribution in [0.2, 0.25) is 0 Å². The van der Waals surface area contributed by atoms with Crippen LogP contribution in [-0.2, 0) is 19.1 Å². The summed E-state index contributed by atoms with van der Waals surface area (Å²) in [5, 5.41) is 11.5. The predicted octanol–water partition coefficient (Wildman–Crippen LogP) is 3.20. The molecule has 0 radical (unpaired) electrons.